The first-order valence-electron chi connectivity index (χ1n) is 6.05. The number of anilines is 1. The van der Waals surface area contributed by atoms with Crippen molar-refractivity contribution in [3.8, 4) is 0 Å². The Labute approximate surface area is 118 Å². The predicted octanol–water partition coefficient (Wildman–Crippen LogP) is 2.54. The number of carbonyl (C=O) groups is 1. The van der Waals surface area contributed by atoms with Crippen LogP contribution in [0.5, 0.6) is 0 Å². The van der Waals surface area contributed by atoms with Crippen LogP contribution in [0, 0.1) is 0 Å². The van der Waals surface area contributed by atoms with Crippen molar-refractivity contribution in [2.24, 2.45) is 0 Å². The first-order valence-corrected chi connectivity index (χ1v) is 6.05. The Hall–Kier alpha value is -2.51. The monoisotopic (exact) mass is 299 g/mol. The molecular formula is C13H12F3N3O2. The van der Waals surface area contributed by atoms with Crippen molar-refractivity contribution in [3.63, 3.8) is 0 Å². The fourth-order valence-corrected chi connectivity index (χ4v) is 1.53. The summed E-state index contributed by atoms with van der Waals surface area (Å²) >= 11 is 0. The Kier molecular flexibility index (Phi) is 4.46. The molecule has 0 aliphatic carbocycles. The number of halogens is 3. The molecule has 0 aliphatic heterocycles. The van der Waals surface area contributed by atoms with E-state index in [0.717, 1.165) is 12.3 Å². The maximum Gasteiger partial charge on any atom is 0.417 e. The lowest BCUT2D eigenvalue weighted by molar-refractivity contribution is -0.137. The molecule has 21 heavy (non-hydrogen) atoms. The molecule has 0 aromatic carbocycles. The van der Waals surface area contributed by atoms with E-state index >= 15 is 0 Å². The summed E-state index contributed by atoms with van der Waals surface area (Å²) in [6, 6.07) is 5.30. The normalized spacial score (nSPS) is 11.2. The van der Waals surface area contributed by atoms with Gasteiger partial charge in [-0.1, -0.05) is 0 Å². The minimum absolute atomic E-state index is 0.197. The van der Waals surface area contributed by atoms with Crippen LogP contribution in [0.15, 0.2) is 41.1 Å². The summed E-state index contributed by atoms with van der Waals surface area (Å²) in [5.74, 6) is 0.139. The van der Waals surface area contributed by atoms with Gasteiger partial charge in [0.05, 0.1) is 11.8 Å². The van der Waals surface area contributed by atoms with Crippen LogP contribution >= 0.6 is 0 Å². The molecular weight excluding hydrogens is 287 g/mol. The molecule has 2 aromatic heterocycles. The lowest BCUT2D eigenvalue weighted by Gasteiger charge is -2.09. The molecule has 0 atom stereocenters. The van der Waals surface area contributed by atoms with Gasteiger partial charge in [0.15, 0.2) is 5.76 Å². The number of hydrogen-bond donors (Lipinski definition) is 2. The SMILES string of the molecule is O=C(NCCNc1ccc(C(F)(F)F)cn1)c1ccco1. The molecule has 0 radical (unpaired) electrons. The van der Waals surface area contributed by atoms with Crippen molar-refractivity contribution in [1.82, 2.24) is 10.3 Å². The fraction of sp³-hybridized carbons (Fsp3) is 0.231. The molecule has 0 saturated heterocycles. The summed E-state index contributed by atoms with van der Waals surface area (Å²) in [4.78, 5) is 15.1. The molecule has 112 valence electrons. The van der Waals surface area contributed by atoms with Crippen LogP contribution < -0.4 is 10.6 Å². The number of aromatic nitrogens is 1. The Balaban J connectivity index is 1.75. The highest BCUT2D eigenvalue weighted by atomic mass is 19.4. The second kappa shape index (κ2) is 6.29. The van der Waals surface area contributed by atoms with Gasteiger partial charge < -0.3 is 15.1 Å². The van der Waals surface area contributed by atoms with Crippen molar-refractivity contribution >= 4 is 11.7 Å². The van der Waals surface area contributed by atoms with Crippen molar-refractivity contribution in [2.45, 2.75) is 6.18 Å². The summed E-state index contributed by atoms with van der Waals surface area (Å²) in [7, 11) is 0. The third-order valence-electron chi connectivity index (χ3n) is 2.55. The van der Waals surface area contributed by atoms with Crippen LogP contribution in [0.1, 0.15) is 16.1 Å². The highest BCUT2D eigenvalue weighted by molar-refractivity contribution is 5.91. The molecule has 0 spiro atoms. The molecule has 1 amide bonds. The molecule has 2 aromatic rings. The van der Waals surface area contributed by atoms with Gasteiger partial charge in [-0.15, -0.1) is 0 Å². The molecule has 2 heterocycles. The minimum atomic E-state index is -4.40. The third-order valence-corrected chi connectivity index (χ3v) is 2.55. The number of furan rings is 1. The maximum absolute atomic E-state index is 12.3. The van der Waals surface area contributed by atoms with E-state index in [9.17, 15) is 18.0 Å². The van der Waals surface area contributed by atoms with Crippen LogP contribution in [0.3, 0.4) is 0 Å². The van der Waals surface area contributed by atoms with E-state index in [-0.39, 0.29) is 18.2 Å². The quantitative estimate of drug-likeness (QED) is 0.833. The van der Waals surface area contributed by atoms with Crippen molar-refractivity contribution in [3.05, 3.63) is 48.0 Å². The summed E-state index contributed by atoms with van der Waals surface area (Å²) < 4.78 is 41.9. The van der Waals surface area contributed by atoms with E-state index in [1.807, 2.05) is 0 Å². The van der Waals surface area contributed by atoms with Gasteiger partial charge in [-0.2, -0.15) is 13.2 Å². The standard InChI is InChI=1S/C13H12F3N3O2/c14-13(15,16)9-3-4-11(19-8-9)17-5-6-18-12(20)10-2-1-7-21-10/h1-4,7-8H,5-6H2,(H,17,19)(H,18,20). The molecule has 0 bridgehead atoms. The second-order valence-corrected chi connectivity index (χ2v) is 4.09. The number of hydrogen-bond acceptors (Lipinski definition) is 4. The van der Waals surface area contributed by atoms with Gasteiger partial charge in [-0.25, -0.2) is 4.98 Å². The average Bonchev–Trinajstić information content (AvgIpc) is 2.97. The summed E-state index contributed by atoms with van der Waals surface area (Å²) in [6.07, 6.45) is -2.26. The number of alkyl halides is 3. The Morgan fingerprint density at radius 1 is 1.24 bits per heavy atom. The topological polar surface area (TPSA) is 67.2 Å². The van der Waals surface area contributed by atoms with Crippen LogP contribution in [0.4, 0.5) is 19.0 Å². The molecule has 2 N–H and O–H groups in total. The Morgan fingerprint density at radius 2 is 2.05 bits per heavy atom. The smallest absolute Gasteiger partial charge is 0.417 e. The molecule has 0 aliphatic rings. The van der Waals surface area contributed by atoms with Crippen LogP contribution in [0.25, 0.3) is 0 Å². The zero-order valence-corrected chi connectivity index (χ0v) is 10.8. The summed E-state index contributed by atoms with van der Waals surface area (Å²) in [6.45, 7) is 0.604. The largest absolute Gasteiger partial charge is 0.459 e. The predicted molar refractivity (Wildman–Crippen MR) is 68.8 cm³/mol. The molecule has 5 nitrogen and oxygen atoms in total. The number of pyridine rings is 1. The van der Waals surface area contributed by atoms with E-state index in [0.29, 0.717) is 12.4 Å². The fourth-order valence-electron chi connectivity index (χ4n) is 1.53. The third kappa shape index (κ3) is 4.23. The average molecular weight is 299 g/mol. The van der Waals surface area contributed by atoms with E-state index in [1.165, 1.54) is 18.4 Å². The van der Waals surface area contributed by atoms with Crippen molar-refractivity contribution < 1.29 is 22.4 Å². The number of amides is 1. The van der Waals surface area contributed by atoms with Crippen molar-refractivity contribution in [2.75, 3.05) is 18.4 Å². The number of nitrogens with one attached hydrogen (secondary N) is 2. The highest BCUT2D eigenvalue weighted by Gasteiger charge is 2.30. The van der Waals surface area contributed by atoms with Crippen LogP contribution in [-0.2, 0) is 6.18 Å². The van der Waals surface area contributed by atoms with Gasteiger partial charge in [-0.05, 0) is 24.3 Å². The van der Waals surface area contributed by atoms with Gasteiger partial charge in [0.25, 0.3) is 5.91 Å². The molecule has 2 rings (SSSR count). The van der Waals surface area contributed by atoms with E-state index in [2.05, 4.69) is 15.6 Å². The van der Waals surface area contributed by atoms with Gasteiger partial charge in [0.2, 0.25) is 0 Å². The molecule has 8 heteroatoms. The lowest BCUT2D eigenvalue weighted by Crippen LogP contribution is -2.28. The van der Waals surface area contributed by atoms with Crippen LogP contribution in [-0.4, -0.2) is 24.0 Å². The summed E-state index contributed by atoms with van der Waals surface area (Å²) in [5, 5.41) is 5.39. The molecule has 0 saturated carbocycles. The number of carbonyl (C=O) groups excluding carboxylic acids is 1. The number of nitrogens with zero attached hydrogens (tertiary/aromatic N) is 1. The Morgan fingerprint density at radius 3 is 2.62 bits per heavy atom. The van der Waals surface area contributed by atoms with E-state index in [4.69, 9.17) is 4.42 Å². The van der Waals surface area contributed by atoms with Crippen molar-refractivity contribution in [1.29, 1.82) is 0 Å². The van der Waals surface area contributed by atoms with Gasteiger partial charge in [0.1, 0.15) is 5.82 Å². The van der Waals surface area contributed by atoms with E-state index < -0.39 is 11.7 Å². The highest BCUT2D eigenvalue weighted by Crippen LogP contribution is 2.28. The molecule has 0 fully saturated rings. The van der Waals surface area contributed by atoms with Crippen LogP contribution in [0.2, 0.25) is 0 Å². The van der Waals surface area contributed by atoms with Gasteiger partial charge in [-0.3, -0.25) is 4.79 Å². The zero-order valence-electron chi connectivity index (χ0n) is 10.8. The number of rotatable bonds is 5. The second-order valence-electron chi connectivity index (χ2n) is 4.09. The minimum Gasteiger partial charge on any atom is -0.459 e. The van der Waals surface area contributed by atoms with Gasteiger partial charge >= 0.3 is 6.18 Å². The molecule has 0 unspecified atom stereocenters. The zero-order chi connectivity index (χ0) is 15.3. The first kappa shape index (κ1) is 14.9. The Bertz CT molecular complexity index is 580. The summed E-state index contributed by atoms with van der Waals surface area (Å²) in [5.41, 5.74) is -0.806. The first-order chi connectivity index (χ1) is 9.97. The van der Waals surface area contributed by atoms with Gasteiger partial charge in [0, 0.05) is 19.3 Å². The lowest BCUT2D eigenvalue weighted by atomic mass is 10.3. The van der Waals surface area contributed by atoms with E-state index in [1.54, 1.807) is 6.07 Å². The maximum atomic E-state index is 12.3.